The number of rotatable bonds is 3. The number of phenols is 1. The zero-order valence-corrected chi connectivity index (χ0v) is 17.5. The molecule has 4 nitrogen and oxygen atoms in total. The Labute approximate surface area is 170 Å². The molecule has 2 aromatic carbocycles. The first kappa shape index (κ1) is 20.5. The molecule has 0 fully saturated rings. The van der Waals surface area contributed by atoms with Crippen LogP contribution in [0.1, 0.15) is 20.7 Å². The minimum atomic E-state index is -0.0481. The molecule has 2 aromatic rings. The van der Waals surface area contributed by atoms with Crippen LogP contribution in [0.15, 0.2) is 24.3 Å². The van der Waals surface area contributed by atoms with Gasteiger partial charge in [-0.3, -0.25) is 9.59 Å². The van der Waals surface area contributed by atoms with Gasteiger partial charge in [0.05, 0.1) is 35.4 Å². The number of carbonyl (C=O) groups is 2. The van der Waals surface area contributed by atoms with Gasteiger partial charge in [-0.15, -0.1) is 0 Å². The maximum absolute atomic E-state index is 10.5. The molecule has 8 heteroatoms. The monoisotopic (exact) mass is 578 g/mol. The summed E-state index contributed by atoms with van der Waals surface area (Å²) in [5, 5.41) is 10.3. The van der Waals surface area contributed by atoms with E-state index in [1.54, 1.807) is 18.2 Å². The molecule has 0 aliphatic heterocycles. The smallest absolute Gasteiger partial charge is 0.153 e. The van der Waals surface area contributed by atoms with Crippen LogP contribution in [-0.2, 0) is 0 Å². The molecule has 0 aromatic heterocycles. The second-order valence-electron chi connectivity index (χ2n) is 4.02. The van der Waals surface area contributed by atoms with Crippen molar-refractivity contribution in [3.05, 3.63) is 52.6 Å². The van der Waals surface area contributed by atoms with E-state index >= 15 is 0 Å². The third-order valence-electron chi connectivity index (χ3n) is 2.64. The highest BCUT2D eigenvalue weighted by molar-refractivity contribution is 14.1. The van der Waals surface area contributed by atoms with Crippen LogP contribution >= 0.6 is 68.4 Å². The summed E-state index contributed by atoms with van der Waals surface area (Å²) in [7, 11) is 1.51. The van der Waals surface area contributed by atoms with E-state index in [2.05, 4.69) is 0 Å². The largest absolute Gasteiger partial charge is 0.506 e. The first-order chi connectivity index (χ1) is 10.9. The van der Waals surface area contributed by atoms with Crippen molar-refractivity contribution in [2.24, 2.45) is 0 Å². The summed E-state index contributed by atoms with van der Waals surface area (Å²) in [4.78, 5) is 20.8. The van der Waals surface area contributed by atoms with Gasteiger partial charge in [0.15, 0.2) is 12.6 Å². The van der Waals surface area contributed by atoms with Crippen LogP contribution in [0.3, 0.4) is 0 Å². The minimum absolute atomic E-state index is 0.0481. The van der Waals surface area contributed by atoms with Crippen LogP contribution in [0.4, 0.5) is 0 Å². The number of phenolic OH excluding ortho intramolecular Hbond substituents is 1. The summed E-state index contributed by atoms with van der Waals surface area (Å²) >= 11 is 15.4. The molecule has 0 spiro atoms. The van der Waals surface area contributed by atoms with Gasteiger partial charge in [0, 0.05) is 0 Å². The van der Waals surface area contributed by atoms with E-state index in [1.807, 2.05) is 45.2 Å². The van der Waals surface area contributed by atoms with Crippen LogP contribution in [0.25, 0.3) is 0 Å². The van der Waals surface area contributed by atoms with Gasteiger partial charge in [-0.1, -0.05) is 23.2 Å². The molecular formula is C15H10Cl2I2O4. The maximum Gasteiger partial charge on any atom is 0.153 e. The summed E-state index contributed by atoms with van der Waals surface area (Å²) < 4.78 is 6.30. The van der Waals surface area contributed by atoms with Crippen molar-refractivity contribution < 1.29 is 19.4 Å². The molecule has 0 atom stereocenters. The molecule has 0 radical (unpaired) electrons. The highest BCUT2D eigenvalue weighted by Gasteiger charge is 2.09. The Balaban J connectivity index is 0.000000231. The molecule has 1 N–H and O–H groups in total. The fourth-order valence-electron chi connectivity index (χ4n) is 1.50. The molecule has 0 saturated heterocycles. The Bertz CT molecular complexity index is 736. The van der Waals surface area contributed by atoms with Crippen LogP contribution in [0.5, 0.6) is 11.5 Å². The zero-order chi connectivity index (χ0) is 17.6. The summed E-state index contributed by atoms with van der Waals surface area (Å²) in [5.74, 6) is 0.492. The van der Waals surface area contributed by atoms with Crippen molar-refractivity contribution in [2.45, 2.75) is 0 Å². The van der Waals surface area contributed by atoms with Crippen LogP contribution in [0.2, 0.25) is 10.0 Å². The molecule has 0 heterocycles. The van der Waals surface area contributed by atoms with Crippen molar-refractivity contribution in [2.75, 3.05) is 7.11 Å². The molecule has 23 heavy (non-hydrogen) atoms. The van der Waals surface area contributed by atoms with Gasteiger partial charge in [-0.05, 0) is 69.4 Å². The van der Waals surface area contributed by atoms with E-state index < -0.39 is 0 Å². The standard InChI is InChI=1S/C8H6ClIO2.C7H4ClIO2/c1-12-8-5(4-11)2-3-6(9)7(8)10;8-5-2-1-4(3-10)7(11)6(5)9/h2-4H,1H3;1-3,11H. The highest BCUT2D eigenvalue weighted by atomic mass is 127. The zero-order valence-electron chi connectivity index (χ0n) is 11.6. The van der Waals surface area contributed by atoms with E-state index in [1.165, 1.54) is 13.2 Å². The second-order valence-corrected chi connectivity index (χ2v) is 6.99. The van der Waals surface area contributed by atoms with E-state index in [4.69, 9.17) is 27.9 Å². The van der Waals surface area contributed by atoms with Crippen LogP contribution in [-0.4, -0.2) is 24.8 Å². The van der Waals surface area contributed by atoms with Gasteiger partial charge in [0.2, 0.25) is 0 Å². The van der Waals surface area contributed by atoms with E-state index in [-0.39, 0.29) is 11.3 Å². The van der Waals surface area contributed by atoms with Gasteiger partial charge >= 0.3 is 0 Å². The predicted molar refractivity (Wildman–Crippen MR) is 107 cm³/mol. The first-order valence-electron chi connectivity index (χ1n) is 5.96. The molecule has 0 amide bonds. The normalized spacial score (nSPS) is 9.61. The second kappa shape index (κ2) is 9.65. The Morgan fingerprint density at radius 3 is 1.91 bits per heavy atom. The number of benzene rings is 2. The number of carbonyl (C=O) groups excluding carboxylic acids is 2. The van der Waals surface area contributed by atoms with Crippen molar-refractivity contribution >= 4 is 81.0 Å². The first-order valence-corrected chi connectivity index (χ1v) is 8.88. The van der Waals surface area contributed by atoms with E-state index in [0.717, 1.165) is 9.86 Å². The Morgan fingerprint density at radius 2 is 1.43 bits per heavy atom. The van der Waals surface area contributed by atoms with Gasteiger partial charge < -0.3 is 9.84 Å². The third kappa shape index (κ3) is 5.20. The average Bonchev–Trinajstić information content (AvgIpc) is 2.56. The molecule has 0 aliphatic rings. The third-order valence-corrected chi connectivity index (χ3v) is 6.07. The lowest BCUT2D eigenvalue weighted by molar-refractivity contribution is 0.111. The number of ether oxygens (including phenoxy) is 1. The van der Waals surface area contributed by atoms with Gasteiger partial charge in [-0.25, -0.2) is 0 Å². The summed E-state index contributed by atoms with van der Waals surface area (Å²) in [5.41, 5.74) is 0.783. The average molecular weight is 579 g/mol. The van der Waals surface area contributed by atoms with Crippen molar-refractivity contribution in [1.82, 2.24) is 0 Å². The number of aldehydes is 2. The maximum atomic E-state index is 10.5. The lowest BCUT2D eigenvalue weighted by atomic mass is 10.2. The van der Waals surface area contributed by atoms with Gasteiger partial charge in [0.1, 0.15) is 11.5 Å². The number of aromatic hydroxyl groups is 1. The summed E-state index contributed by atoms with van der Waals surface area (Å²) in [6.07, 6.45) is 1.34. The van der Waals surface area contributed by atoms with Crippen molar-refractivity contribution in [3.8, 4) is 11.5 Å². The molecule has 122 valence electrons. The number of halogens is 4. The molecule has 0 saturated carbocycles. The van der Waals surface area contributed by atoms with Gasteiger partial charge in [0.25, 0.3) is 0 Å². The number of hydrogen-bond acceptors (Lipinski definition) is 4. The molecule has 0 bridgehead atoms. The van der Waals surface area contributed by atoms with Crippen LogP contribution < -0.4 is 4.74 Å². The predicted octanol–water partition coefficient (Wildman–Crippen LogP) is 5.23. The Kier molecular flexibility index (Phi) is 8.59. The number of methoxy groups -OCH3 is 1. The lowest BCUT2D eigenvalue weighted by Crippen LogP contribution is -1.93. The molecule has 0 unspecified atom stereocenters. The van der Waals surface area contributed by atoms with Crippen molar-refractivity contribution in [3.63, 3.8) is 0 Å². The molecule has 2 rings (SSSR count). The SMILES string of the molecule is COc1c(C=O)ccc(Cl)c1I.O=Cc1ccc(Cl)c(I)c1O. The topological polar surface area (TPSA) is 63.6 Å². The summed E-state index contributed by atoms with van der Waals surface area (Å²) in [6, 6.07) is 6.37. The van der Waals surface area contributed by atoms with Gasteiger partial charge in [-0.2, -0.15) is 0 Å². The minimum Gasteiger partial charge on any atom is -0.506 e. The van der Waals surface area contributed by atoms with Crippen molar-refractivity contribution in [1.29, 1.82) is 0 Å². The Hall–Kier alpha value is -0.580. The van der Waals surface area contributed by atoms with Crippen LogP contribution in [0, 0.1) is 7.14 Å². The fraction of sp³-hybridized carbons (Fsp3) is 0.0667. The van der Waals surface area contributed by atoms with E-state index in [9.17, 15) is 14.7 Å². The fourth-order valence-corrected chi connectivity index (χ4v) is 3.00. The molecule has 0 aliphatic carbocycles. The Morgan fingerprint density at radius 1 is 0.957 bits per heavy atom. The summed E-state index contributed by atoms with van der Waals surface area (Å²) in [6.45, 7) is 0. The highest BCUT2D eigenvalue weighted by Crippen LogP contribution is 2.31. The molecular weight excluding hydrogens is 569 g/mol. The lowest BCUT2D eigenvalue weighted by Gasteiger charge is -2.06. The number of hydrogen-bond donors (Lipinski definition) is 1. The van der Waals surface area contributed by atoms with E-state index in [0.29, 0.717) is 31.2 Å². The quantitative estimate of drug-likeness (QED) is 0.400.